The van der Waals surface area contributed by atoms with Gasteiger partial charge in [-0.2, -0.15) is 0 Å². The second kappa shape index (κ2) is 52.2. The molecule has 0 saturated carbocycles. The van der Waals surface area contributed by atoms with Gasteiger partial charge in [0.1, 0.15) is 24.4 Å². The Morgan fingerprint density at radius 3 is 1.32 bits per heavy atom. The van der Waals surface area contributed by atoms with Gasteiger partial charge in [0.2, 0.25) is 5.91 Å². The van der Waals surface area contributed by atoms with E-state index in [1.165, 1.54) is 193 Å². The summed E-state index contributed by atoms with van der Waals surface area (Å²) >= 11 is 0. The van der Waals surface area contributed by atoms with Gasteiger partial charge in [0.15, 0.2) is 6.29 Å². The third-order valence-electron chi connectivity index (χ3n) is 14.8. The average Bonchev–Trinajstić information content (AvgIpc) is 3.39. The van der Waals surface area contributed by atoms with Crippen LogP contribution in [0.3, 0.4) is 0 Å². The molecule has 0 radical (unpaired) electrons. The number of aliphatic hydroxyl groups excluding tert-OH is 5. The van der Waals surface area contributed by atoms with Crippen LogP contribution in [0.2, 0.25) is 0 Å². The molecule has 7 atom stereocenters. The molecule has 0 aromatic heterocycles. The number of carbonyl (C=O) groups is 2. The van der Waals surface area contributed by atoms with Crippen molar-refractivity contribution in [2.45, 2.75) is 339 Å². The van der Waals surface area contributed by atoms with Crippen LogP contribution in [0.25, 0.3) is 0 Å². The predicted octanol–water partition coefficient (Wildman–Crippen LogP) is 14.5. The molecule has 0 bridgehead atoms. The summed E-state index contributed by atoms with van der Waals surface area (Å²) in [6.07, 6.45) is 52.9. The minimum absolute atomic E-state index is 0.00686. The maximum absolute atomic E-state index is 13.0. The Hall–Kier alpha value is -1.86. The van der Waals surface area contributed by atoms with Gasteiger partial charge in [0.25, 0.3) is 0 Å². The summed E-state index contributed by atoms with van der Waals surface area (Å²) in [6.45, 7) is 4.31. The lowest BCUT2D eigenvalue weighted by Gasteiger charge is -2.40. The van der Waals surface area contributed by atoms with Crippen LogP contribution in [-0.2, 0) is 23.8 Å². The normalized spacial score (nSPS) is 19.0. The Bertz CT molecular complexity index is 1260. The number of amides is 1. The molecule has 1 aliphatic heterocycles. The van der Waals surface area contributed by atoms with E-state index in [9.17, 15) is 35.1 Å². The molecule has 430 valence electrons. The minimum atomic E-state index is -1.57. The number of hydrogen-bond acceptors (Lipinski definition) is 10. The molecular formula is C62H117NO10. The number of allylic oxidation sites excluding steroid dienone is 3. The first kappa shape index (κ1) is 69.2. The summed E-state index contributed by atoms with van der Waals surface area (Å²) in [6, 6.07) is -0.815. The Morgan fingerprint density at radius 1 is 0.493 bits per heavy atom. The highest BCUT2D eigenvalue weighted by Crippen LogP contribution is 2.23. The number of esters is 1. The van der Waals surface area contributed by atoms with Gasteiger partial charge in [-0.25, -0.2) is 0 Å². The molecule has 6 N–H and O–H groups in total. The lowest BCUT2D eigenvalue weighted by molar-refractivity contribution is -0.302. The first-order valence-electron chi connectivity index (χ1n) is 31.1. The Morgan fingerprint density at radius 2 is 0.877 bits per heavy atom. The van der Waals surface area contributed by atoms with Crippen molar-refractivity contribution in [3.63, 3.8) is 0 Å². The van der Waals surface area contributed by atoms with Crippen molar-refractivity contribution in [1.29, 1.82) is 0 Å². The molecule has 1 saturated heterocycles. The lowest BCUT2D eigenvalue weighted by atomic mass is 9.99. The van der Waals surface area contributed by atoms with Crippen LogP contribution in [0.4, 0.5) is 0 Å². The number of aliphatic hydroxyl groups is 5. The molecule has 0 aromatic carbocycles. The molecule has 73 heavy (non-hydrogen) atoms. The number of hydrogen-bond donors (Lipinski definition) is 6. The minimum Gasteiger partial charge on any atom is -0.466 e. The summed E-state index contributed by atoms with van der Waals surface area (Å²) < 4.78 is 16.7. The number of rotatable bonds is 54. The fourth-order valence-corrected chi connectivity index (χ4v) is 9.84. The average molecular weight is 1040 g/mol. The van der Waals surface area contributed by atoms with E-state index in [1.807, 2.05) is 6.08 Å². The van der Waals surface area contributed by atoms with E-state index in [1.54, 1.807) is 6.08 Å². The van der Waals surface area contributed by atoms with Gasteiger partial charge in [-0.3, -0.25) is 9.59 Å². The van der Waals surface area contributed by atoms with Gasteiger partial charge in [-0.15, -0.1) is 0 Å². The van der Waals surface area contributed by atoms with E-state index in [2.05, 4.69) is 31.3 Å². The maximum atomic E-state index is 13.0. The van der Waals surface area contributed by atoms with Gasteiger partial charge in [-0.05, 0) is 57.8 Å². The largest absolute Gasteiger partial charge is 0.466 e. The topological polar surface area (TPSA) is 175 Å². The predicted molar refractivity (Wildman–Crippen MR) is 301 cm³/mol. The number of unbranched alkanes of at least 4 members (excludes halogenated alkanes) is 38. The molecule has 0 spiro atoms. The van der Waals surface area contributed by atoms with E-state index in [4.69, 9.17) is 14.2 Å². The first-order chi connectivity index (χ1) is 35.7. The Labute approximate surface area is 448 Å². The van der Waals surface area contributed by atoms with Crippen molar-refractivity contribution in [3.8, 4) is 0 Å². The summed E-state index contributed by atoms with van der Waals surface area (Å²) in [7, 11) is 0. The second-order valence-electron chi connectivity index (χ2n) is 21.8. The monoisotopic (exact) mass is 1040 g/mol. The van der Waals surface area contributed by atoms with Gasteiger partial charge >= 0.3 is 5.97 Å². The smallest absolute Gasteiger partial charge is 0.305 e. The standard InChI is InChI=1S/C62H117NO10/c1-3-5-7-9-11-13-14-15-16-20-24-27-30-34-38-42-46-50-58(67)71-51-47-43-39-35-31-28-25-22-19-17-18-21-23-26-29-33-37-41-45-49-57(66)63-54(55(65)48-44-40-36-32-12-10-8-6-4-2)53-72-62-61(70)60(69)59(68)56(52-64)73-62/h17-18,44,48,54-56,59-62,64-65,68-70H,3-16,19-43,45-47,49-53H2,1-2H3,(H,63,66)/b18-17-,48-44+. The maximum Gasteiger partial charge on any atom is 0.305 e. The Balaban J connectivity index is 2.00. The summed E-state index contributed by atoms with van der Waals surface area (Å²) in [4.78, 5) is 25.1. The molecular weight excluding hydrogens is 919 g/mol. The molecule has 11 nitrogen and oxygen atoms in total. The summed E-state index contributed by atoms with van der Waals surface area (Å²) in [5, 5.41) is 54.2. The molecule has 1 heterocycles. The van der Waals surface area contributed by atoms with E-state index in [0.717, 1.165) is 77.0 Å². The quantitative estimate of drug-likeness (QED) is 0.0195. The van der Waals surface area contributed by atoms with Crippen LogP contribution in [0.5, 0.6) is 0 Å². The molecule has 0 aromatic rings. The molecule has 7 unspecified atom stereocenters. The molecule has 1 amide bonds. The highest BCUT2D eigenvalue weighted by atomic mass is 16.7. The van der Waals surface area contributed by atoms with Crippen LogP contribution in [0, 0.1) is 0 Å². The van der Waals surface area contributed by atoms with Gasteiger partial charge in [0, 0.05) is 12.8 Å². The van der Waals surface area contributed by atoms with E-state index < -0.39 is 49.5 Å². The van der Waals surface area contributed by atoms with Crippen LogP contribution in [0.1, 0.15) is 296 Å². The zero-order chi connectivity index (χ0) is 53.1. The molecule has 11 heteroatoms. The van der Waals surface area contributed by atoms with Crippen molar-refractivity contribution in [3.05, 3.63) is 24.3 Å². The SMILES string of the molecule is CCCCCCCCC/C=C/C(O)C(COC1OC(CO)C(O)C(O)C1O)NC(=O)CCCCCCCCC/C=C\CCCCCCCCCCOC(=O)CCCCCCCCCCCCCCCCCCC. The molecule has 1 rings (SSSR count). The van der Waals surface area contributed by atoms with E-state index in [-0.39, 0.29) is 18.5 Å². The fourth-order valence-electron chi connectivity index (χ4n) is 9.84. The highest BCUT2D eigenvalue weighted by Gasteiger charge is 2.44. The summed E-state index contributed by atoms with van der Waals surface area (Å²) in [5.41, 5.74) is 0. The van der Waals surface area contributed by atoms with Gasteiger partial charge < -0.3 is 45.1 Å². The van der Waals surface area contributed by atoms with Crippen molar-refractivity contribution < 1.29 is 49.3 Å². The van der Waals surface area contributed by atoms with Crippen molar-refractivity contribution in [2.24, 2.45) is 0 Å². The van der Waals surface area contributed by atoms with Gasteiger partial charge in [-0.1, -0.05) is 250 Å². The molecule has 0 aliphatic carbocycles. The van der Waals surface area contributed by atoms with Crippen molar-refractivity contribution in [1.82, 2.24) is 5.32 Å². The first-order valence-corrected chi connectivity index (χ1v) is 31.1. The molecule has 1 aliphatic rings. The van der Waals surface area contributed by atoms with Crippen LogP contribution in [-0.4, -0.2) is 100 Å². The van der Waals surface area contributed by atoms with Crippen molar-refractivity contribution >= 4 is 11.9 Å². The van der Waals surface area contributed by atoms with Crippen LogP contribution in [0.15, 0.2) is 24.3 Å². The zero-order valence-corrected chi connectivity index (χ0v) is 47.4. The third-order valence-corrected chi connectivity index (χ3v) is 14.8. The van der Waals surface area contributed by atoms with Crippen molar-refractivity contribution in [2.75, 3.05) is 19.8 Å². The highest BCUT2D eigenvalue weighted by molar-refractivity contribution is 5.76. The number of ether oxygens (including phenoxy) is 3. The van der Waals surface area contributed by atoms with E-state index in [0.29, 0.717) is 19.4 Å². The van der Waals surface area contributed by atoms with E-state index >= 15 is 0 Å². The Kier molecular flexibility index (Phi) is 49.5. The molecule has 1 fully saturated rings. The van der Waals surface area contributed by atoms with Crippen LogP contribution >= 0.6 is 0 Å². The second-order valence-corrected chi connectivity index (χ2v) is 21.8. The fraction of sp³-hybridized carbons (Fsp3) is 0.903. The lowest BCUT2D eigenvalue weighted by Crippen LogP contribution is -2.60. The zero-order valence-electron chi connectivity index (χ0n) is 47.4. The number of nitrogens with one attached hydrogen (secondary N) is 1. The number of carbonyl (C=O) groups excluding carboxylic acids is 2. The third kappa shape index (κ3) is 41.9. The summed E-state index contributed by atoms with van der Waals surface area (Å²) in [5.74, 6) is -0.200. The van der Waals surface area contributed by atoms with Crippen LogP contribution < -0.4 is 5.32 Å². The van der Waals surface area contributed by atoms with Gasteiger partial charge in [0.05, 0.1) is 32.0 Å².